The van der Waals surface area contributed by atoms with E-state index in [0.29, 0.717) is 11.8 Å². The van der Waals surface area contributed by atoms with Gasteiger partial charge in [0.2, 0.25) is 0 Å². The summed E-state index contributed by atoms with van der Waals surface area (Å²) in [6.07, 6.45) is 3.96. The van der Waals surface area contributed by atoms with Crippen LogP contribution in [0.5, 0.6) is 0 Å². The predicted molar refractivity (Wildman–Crippen MR) is 87.5 cm³/mol. The van der Waals surface area contributed by atoms with Crippen LogP contribution in [0.15, 0.2) is 36.8 Å². The summed E-state index contributed by atoms with van der Waals surface area (Å²) in [5, 5.41) is 0. The Morgan fingerprint density at radius 1 is 1.00 bits per heavy atom. The SMILES string of the molecule is CC1C(C)C(C)(c2cncn2C)c2ccccc2C1(C)C. The lowest BCUT2D eigenvalue weighted by molar-refractivity contribution is 0.152. The van der Waals surface area contributed by atoms with Crippen molar-refractivity contribution in [2.45, 2.75) is 45.4 Å². The highest BCUT2D eigenvalue weighted by molar-refractivity contribution is 5.48. The lowest BCUT2D eigenvalue weighted by Crippen LogP contribution is -2.49. The van der Waals surface area contributed by atoms with E-state index in [9.17, 15) is 0 Å². The normalized spacial score (nSPS) is 31.0. The maximum Gasteiger partial charge on any atom is 0.0945 e. The van der Waals surface area contributed by atoms with Crippen LogP contribution in [0.1, 0.15) is 51.4 Å². The second-order valence-corrected chi connectivity index (χ2v) is 7.44. The molecule has 0 aliphatic heterocycles. The van der Waals surface area contributed by atoms with Gasteiger partial charge in [0.1, 0.15) is 0 Å². The molecule has 0 spiro atoms. The fourth-order valence-electron chi connectivity index (χ4n) is 4.34. The number of benzene rings is 1. The first kappa shape index (κ1) is 14.4. The Kier molecular flexibility index (Phi) is 3.05. The molecule has 1 aliphatic carbocycles. The number of imidazole rings is 1. The predicted octanol–water partition coefficient (Wildman–Crippen LogP) is 4.29. The van der Waals surface area contributed by atoms with E-state index >= 15 is 0 Å². The number of hydrogen-bond acceptors (Lipinski definition) is 1. The maximum atomic E-state index is 4.37. The number of aryl methyl sites for hydroxylation is 1. The first-order valence-electron chi connectivity index (χ1n) is 7.88. The minimum Gasteiger partial charge on any atom is -0.337 e. The largest absolute Gasteiger partial charge is 0.337 e. The molecule has 2 heteroatoms. The van der Waals surface area contributed by atoms with Crippen LogP contribution in [0.25, 0.3) is 0 Å². The third-order valence-corrected chi connectivity index (χ3v) is 6.33. The van der Waals surface area contributed by atoms with E-state index in [1.165, 1.54) is 16.8 Å². The van der Waals surface area contributed by atoms with E-state index in [1.54, 1.807) is 0 Å². The molecule has 0 fully saturated rings. The summed E-state index contributed by atoms with van der Waals surface area (Å²) in [5.41, 5.74) is 4.47. The van der Waals surface area contributed by atoms with E-state index in [0.717, 1.165) is 0 Å². The van der Waals surface area contributed by atoms with Crippen molar-refractivity contribution in [1.82, 2.24) is 9.55 Å². The summed E-state index contributed by atoms with van der Waals surface area (Å²) >= 11 is 0. The van der Waals surface area contributed by atoms with Crippen molar-refractivity contribution in [2.75, 3.05) is 0 Å². The first-order valence-corrected chi connectivity index (χ1v) is 7.88. The summed E-state index contributed by atoms with van der Waals surface area (Å²) in [6.45, 7) is 12.0. The van der Waals surface area contributed by atoms with Crippen LogP contribution < -0.4 is 0 Å². The standard InChI is InChI=1S/C19H26N2/c1-13-14(2)19(5,17-11-20-12-21(17)6)16-10-8-7-9-15(16)18(13,3)4/h7-14H,1-6H3. The molecule has 112 valence electrons. The molecule has 0 saturated heterocycles. The molecule has 1 aromatic carbocycles. The Balaban J connectivity index is 2.33. The number of aromatic nitrogens is 2. The molecular formula is C19H26N2. The van der Waals surface area contributed by atoms with E-state index < -0.39 is 0 Å². The highest BCUT2D eigenvalue weighted by Gasteiger charge is 2.50. The van der Waals surface area contributed by atoms with Gasteiger partial charge in [-0.05, 0) is 35.3 Å². The second kappa shape index (κ2) is 4.46. The number of fused-ring (bicyclic) bond motifs is 1. The highest BCUT2D eigenvalue weighted by Crippen LogP contribution is 2.54. The fraction of sp³-hybridized carbons (Fsp3) is 0.526. The van der Waals surface area contributed by atoms with Crippen LogP contribution in [0.2, 0.25) is 0 Å². The van der Waals surface area contributed by atoms with Gasteiger partial charge >= 0.3 is 0 Å². The van der Waals surface area contributed by atoms with Crippen LogP contribution in [0.4, 0.5) is 0 Å². The quantitative estimate of drug-likeness (QED) is 0.763. The average Bonchev–Trinajstić information content (AvgIpc) is 2.90. The molecule has 3 unspecified atom stereocenters. The van der Waals surface area contributed by atoms with Crippen molar-refractivity contribution >= 4 is 0 Å². The van der Waals surface area contributed by atoms with E-state index in [-0.39, 0.29) is 10.8 Å². The van der Waals surface area contributed by atoms with Gasteiger partial charge in [-0.1, -0.05) is 52.0 Å². The molecule has 3 atom stereocenters. The molecule has 21 heavy (non-hydrogen) atoms. The molecule has 2 nitrogen and oxygen atoms in total. The minimum absolute atomic E-state index is 0.0107. The first-order chi connectivity index (χ1) is 9.81. The second-order valence-electron chi connectivity index (χ2n) is 7.44. The van der Waals surface area contributed by atoms with Gasteiger partial charge < -0.3 is 4.57 Å². The van der Waals surface area contributed by atoms with Gasteiger partial charge in [0.25, 0.3) is 0 Å². The zero-order valence-electron chi connectivity index (χ0n) is 14.0. The van der Waals surface area contributed by atoms with Gasteiger partial charge in [-0.2, -0.15) is 0 Å². The van der Waals surface area contributed by atoms with E-state index in [1.807, 2.05) is 12.5 Å². The van der Waals surface area contributed by atoms with Gasteiger partial charge in [-0.3, -0.25) is 0 Å². The average molecular weight is 282 g/mol. The number of rotatable bonds is 1. The van der Waals surface area contributed by atoms with Crippen molar-refractivity contribution < 1.29 is 0 Å². The molecule has 1 heterocycles. The van der Waals surface area contributed by atoms with Crippen molar-refractivity contribution in [3.05, 3.63) is 53.6 Å². The van der Waals surface area contributed by atoms with Crippen molar-refractivity contribution in [3.8, 4) is 0 Å². The Bertz CT molecular complexity index is 668. The Morgan fingerprint density at radius 2 is 1.62 bits per heavy atom. The third-order valence-electron chi connectivity index (χ3n) is 6.33. The molecule has 2 aromatic rings. The monoisotopic (exact) mass is 282 g/mol. The molecule has 3 rings (SSSR count). The smallest absolute Gasteiger partial charge is 0.0945 e. The topological polar surface area (TPSA) is 17.8 Å². The van der Waals surface area contributed by atoms with Crippen molar-refractivity contribution in [2.24, 2.45) is 18.9 Å². The number of hydrogen-bond donors (Lipinski definition) is 0. The molecule has 0 amide bonds. The van der Waals surface area contributed by atoms with Crippen molar-refractivity contribution in [1.29, 1.82) is 0 Å². The molecule has 0 saturated carbocycles. The Hall–Kier alpha value is -1.57. The summed E-state index contributed by atoms with van der Waals surface area (Å²) in [7, 11) is 2.10. The summed E-state index contributed by atoms with van der Waals surface area (Å²) in [4.78, 5) is 4.37. The van der Waals surface area contributed by atoms with Gasteiger partial charge in [0.15, 0.2) is 0 Å². The fourth-order valence-corrected chi connectivity index (χ4v) is 4.34. The molecule has 0 radical (unpaired) electrons. The minimum atomic E-state index is 0.0107. The van der Waals surface area contributed by atoms with Crippen LogP contribution in [-0.4, -0.2) is 9.55 Å². The van der Waals surface area contributed by atoms with Gasteiger partial charge in [-0.25, -0.2) is 4.98 Å². The summed E-state index contributed by atoms with van der Waals surface area (Å²) < 4.78 is 2.18. The zero-order valence-corrected chi connectivity index (χ0v) is 14.0. The Morgan fingerprint density at radius 3 is 2.19 bits per heavy atom. The van der Waals surface area contributed by atoms with E-state index in [4.69, 9.17) is 0 Å². The maximum absolute atomic E-state index is 4.37. The lowest BCUT2D eigenvalue weighted by atomic mass is 9.52. The molecule has 0 bridgehead atoms. The van der Waals surface area contributed by atoms with Crippen LogP contribution in [-0.2, 0) is 17.9 Å². The molecule has 0 N–H and O–H groups in total. The van der Waals surface area contributed by atoms with Crippen LogP contribution >= 0.6 is 0 Å². The van der Waals surface area contributed by atoms with Crippen LogP contribution in [0, 0.1) is 11.8 Å². The zero-order chi connectivity index (χ0) is 15.4. The van der Waals surface area contributed by atoms with Gasteiger partial charge in [-0.15, -0.1) is 0 Å². The Labute approximate surface area is 128 Å². The summed E-state index contributed by atoms with van der Waals surface area (Å²) in [6, 6.07) is 8.97. The molecule has 1 aromatic heterocycles. The summed E-state index contributed by atoms with van der Waals surface area (Å²) in [5.74, 6) is 1.16. The highest BCUT2D eigenvalue weighted by atomic mass is 15.0. The van der Waals surface area contributed by atoms with Crippen LogP contribution in [0.3, 0.4) is 0 Å². The van der Waals surface area contributed by atoms with Crippen molar-refractivity contribution in [3.63, 3.8) is 0 Å². The molecule has 1 aliphatic rings. The number of nitrogens with zero attached hydrogens (tertiary/aromatic N) is 2. The van der Waals surface area contributed by atoms with Gasteiger partial charge in [0, 0.05) is 24.4 Å². The third kappa shape index (κ3) is 1.74. The molecular weight excluding hydrogens is 256 g/mol. The van der Waals surface area contributed by atoms with E-state index in [2.05, 4.69) is 75.5 Å². The van der Waals surface area contributed by atoms with Gasteiger partial charge in [0.05, 0.1) is 6.33 Å². The lowest BCUT2D eigenvalue weighted by Gasteiger charge is -2.52.